The standard InChI is InChI=1S/C31H30N4O4/c1-33-24-14-8-7-13-23(24)30(37)35-18-16-22-21-12-6-9-15-25(21)34(28(22)29(33)35)19-17-26(36)32-27(31(38)39-2)20-10-4-3-5-11-20/h3-15,27,29H,16-19H2,1-2H3,(H,32,36)/t27-,29?/m0/s1. The quantitative estimate of drug-likeness (QED) is 0.384. The highest BCUT2D eigenvalue weighted by atomic mass is 16.5. The van der Waals surface area contributed by atoms with Crippen LogP contribution >= 0.6 is 0 Å². The first-order valence-electron chi connectivity index (χ1n) is 13.1. The Labute approximate surface area is 226 Å². The zero-order valence-electron chi connectivity index (χ0n) is 22.0. The highest BCUT2D eigenvalue weighted by Gasteiger charge is 2.42. The Morgan fingerprint density at radius 3 is 2.51 bits per heavy atom. The second-order valence-corrected chi connectivity index (χ2v) is 9.97. The van der Waals surface area contributed by atoms with Crippen molar-refractivity contribution < 1.29 is 19.1 Å². The highest BCUT2D eigenvalue weighted by Crippen LogP contribution is 2.44. The average molecular weight is 523 g/mol. The van der Waals surface area contributed by atoms with E-state index in [1.165, 1.54) is 12.7 Å². The van der Waals surface area contributed by atoms with Crippen LogP contribution in [0.25, 0.3) is 10.9 Å². The van der Waals surface area contributed by atoms with E-state index < -0.39 is 12.0 Å². The molecule has 0 bridgehead atoms. The molecule has 0 spiro atoms. The molecule has 4 aromatic rings. The smallest absolute Gasteiger partial charge is 0.333 e. The van der Waals surface area contributed by atoms with Crippen molar-refractivity contribution >= 4 is 34.4 Å². The van der Waals surface area contributed by atoms with Crippen molar-refractivity contribution in [3.63, 3.8) is 0 Å². The molecule has 2 aliphatic heterocycles. The summed E-state index contributed by atoms with van der Waals surface area (Å²) in [7, 11) is 3.34. The molecule has 2 aliphatic rings. The van der Waals surface area contributed by atoms with Crippen molar-refractivity contribution in [1.29, 1.82) is 0 Å². The first-order valence-corrected chi connectivity index (χ1v) is 13.1. The minimum atomic E-state index is -0.881. The lowest BCUT2D eigenvalue weighted by molar-refractivity contribution is -0.145. The van der Waals surface area contributed by atoms with Crippen molar-refractivity contribution in [3.05, 3.63) is 101 Å². The van der Waals surface area contributed by atoms with Crippen LogP contribution < -0.4 is 10.2 Å². The van der Waals surface area contributed by atoms with E-state index in [4.69, 9.17) is 4.74 Å². The molecule has 0 fully saturated rings. The molecule has 0 radical (unpaired) electrons. The van der Waals surface area contributed by atoms with E-state index in [1.807, 2.05) is 66.5 Å². The summed E-state index contributed by atoms with van der Waals surface area (Å²) in [5.74, 6) is -0.750. The van der Waals surface area contributed by atoms with Crippen LogP contribution in [-0.4, -0.2) is 48.0 Å². The number of hydrogen-bond donors (Lipinski definition) is 1. The average Bonchev–Trinajstić information content (AvgIpc) is 3.31. The van der Waals surface area contributed by atoms with Crippen LogP contribution in [0, 0.1) is 0 Å². The molecular weight excluding hydrogens is 492 g/mol. The Balaban J connectivity index is 1.34. The maximum Gasteiger partial charge on any atom is 0.333 e. The van der Waals surface area contributed by atoms with E-state index in [2.05, 4.69) is 26.9 Å². The molecule has 39 heavy (non-hydrogen) atoms. The second-order valence-electron chi connectivity index (χ2n) is 9.97. The van der Waals surface area contributed by atoms with Gasteiger partial charge in [-0.05, 0) is 35.7 Å². The van der Waals surface area contributed by atoms with E-state index in [-0.39, 0.29) is 24.4 Å². The van der Waals surface area contributed by atoms with Gasteiger partial charge in [0, 0.05) is 37.5 Å². The number of amides is 2. The number of carbonyl (C=O) groups is 3. The van der Waals surface area contributed by atoms with Crippen LogP contribution in [-0.2, 0) is 27.3 Å². The SMILES string of the molecule is COC(=O)[C@@H](NC(=O)CCn1c2c(c3ccccc31)CCN1C(=O)c3ccccc3N(C)C21)c1ccccc1. The number of nitrogens with one attached hydrogen (secondary N) is 1. The summed E-state index contributed by atoms with van der Waals surface area (Å²) < 4.78 is 7.13. The normalized spacial score (nSPS) is 16.8. The minimum absolute atomic E-state index is 0.0256. The van der Waals surface area contributed by atoms with Crippen LogP contribution in [0.5, 0.6) is 0 Å². The predicted octanol–water partition coefficient (Wildman–Crippen LogP) is 4.21. The molecule has 198 valence electrons. The van der Waals surface area contributed by atoms with Gasteiger partial charge in [-0.3, -0.25) is 9.59 Å². The molecular formula is C31H30N4O4. The summed E-state index contributed by atoms with van der Waals surface area (Å²) in [5, 5.41) is 4.00. The van der Waals surface area contributed by atoms with Gasteiger partial charge in [-0.25, -0.2) is 4.79 Å². The zero-order chi connectivity index (χ0) is 27.1. The van der Waals surface area contributed by atoms with Crippen molar-refractivity contribution in [2.24, 2.45) is 0 Å². The largest absolute Gasteiger partial charge is 0.467 e. The van der Waals surface area contributed by atoms with Gasteiger partial charge < -0.3 is 24.4 Å². The number of nitrogens with zero attached hydrogens (tertiary/aromatic N) is 3. The lowest BCUT2D eigenvalue weighted by Crippen LogP contribution is -2.51. The molecule has 0 saturated carbocycles. The molecule has 8 nitrogen and oxygen atoms in total. The second kappa shape index (κ2) is 9.94. The van der Waals surface area contributed by atoms with E-state index in [1.54, 1.807) is 12.1 Å². The molecule has 0 aliphatic carbocycles. The Bertz CT molecular complexity index is 1580. The fraction of sp³-hybridized carbons (Fsp3) is 0.258. The molecule has 3 heterocycles. The number of anilines is 1. The van der Waals surface area contributed by atoms with Gasteiger partial charge in [0.2, 0.25) is 5.91 Å². The first kappa shape index (κ1) is 24.7. The fourth-order valence-corrected chi connectivity index (χ4v) is 6.04. The van der Waals surface area contributed by atoms with Crippen LogP contribution in [0.15, 0.2) is 78.9 Å². The van der Waals surface area contributed by atoms with Crippen molar-refractivity contribution in [2.75, 3.05) is 25.6 Å². The Kier molecular flexibility index (Phi) is 6.30. The van der Waals surface area contributed by atoms with Crippen LogP contribution in [0.3, 0.4) is 0 Å². The number of rotatable bonds is 6. The van der Waals surface area contributed by atoms with E-state index >= 15 is 0 Å². The maximum atomic E-state index is 13.5. The number of fused-ring (bicyclic) bond motifs is 6. The number of benzene rings is 3. The number of aryl methyl sites for hydroxylation is 1. The van der Waals surface area contributed by atoms with Crippen molar-refractivity contribution in [1.82, 2.24) is 14.8 Å². The van der Waals surface area contributed by atoms with Gasteiger partial charge in [0.25, 0.3) is 5.91 Å². The Morgan fingerprint density at radius 2 is 1.72 bits per heavy atom. The van der Waals surface area contributed by atoms with Gasteiger partial charge in [-0.2, -0.15) is 0 Å². The summed E-state index contributed by atoms with van der Waals surface area (Å²) in [6.07, 6.45) is 0.622. The lowest BCUT2D eigenvalue weighted by atomic mass is 9.96. The van der Waals surface area contributed by atoms with Gasteiger partial charge in [0.1, 0.15) is 6.17 Å². The summed E-state index contributed by atoms with van der Waals surface area (Å²) in [6, 6.07) is 24.1. The van der Waals surface area contributed by atoms with Gasteiger partial charge in [-0.1, -0.05) is 60.7 Å². The summed E-state index contributed by atoms with van der Waals surface area (Å²) >= 11 is 0. The number of aromatic nitrogens is 1. The van der Waals surface area contributed by atoms with Crippen LogP contribution in [0.4, 0.5) is 5.69 Å². The summed E-state index contributed by atoms with van der Waals surface area (Å²) in [5.41, 5.74) is 5.55. The number of methoxy groups -OCH3 is 1. The van der Waals surface area contributed by atoms with Gasteiger partial charge in [0.15, 0.2) is 6.04 Å². The molecule has 0 saturated heterocycles. The van der Waals surface area contributed by atoms with Gasteiger partial charge in [-0.15, -0.1) is 0 Å². The lowest BCUT2D eigenvalue weighted by Gasteiger charge is -2.46. The molecule has 2 atom stereocenters. The molecule has 1 N–H and O–H groups in total. The maximum absolute atomic E-state index is 13.5. The number of ether oxygens (including phenoxy) is 1. The molecule has 8 heteroatoms. The summed E-state index contributed by atoms with van der Waals surface area (Å²) in [4.78, 5) is 43.3. The Morgan fingerprint density at radius 1 is 1.00 bits per heavy atom. The summed E-state index contributed by atoms with van der Waals surface area (Å²) in [6.45, 7) is 1.03. The monoisotopic (exact) mass is 522 g/mol. The molecule has 6 rings (SSSR count). The van der Waals surface area contributed by atoms with E-state index in [0.29, 0.717) is 24.2 Å². The third-order valence-corrected chi connectivity index (χ3v) is 7.84. The number of hydrogen-bond acceptors (Lipinski definition) is 5. The number of para-hydroxylation sites is 2. The first-order chi connectivity index (χ1) is 19.0. The molecule has 3 aromatic carbocycles. The fourth-order valence-electron chi connectivity index (χ4n) is 6.04. The Hall–Kier alpha value is -4.59. The minimum Gasteiger partial charge on any atom is -0.467 e. The third kappa shape index (κ3) is 4.12. The molecule has 1 aromatic heterocycles. The molecule has 2 amide bonds. The predicted molar refractivity (Wildman–Crippen MR) is 148 cm³/mol. The third-order valence-electron chi connectivity index (χ3n) is 7.84. The topological polar surface area (TPSA) is 83.9 Å². The molecule has 1 unspecified atom stereocenters. The van der Waals surface area contributed by atoms with Crippen LogP contribution in [0.1, 0.15) is 45.8 Å². The zero-order valence-corrected chi connectivity index (χ0v) is 22.0. The number of carbonyl (C=O) groups excluding carboxylic acids is 3. The highest BCUT2D eigenvalue weighted by molar-refractivity contribution is 6.02. The van der Waals surface area contributed by atoms with Gasteiger partial charge >= 0.3 is 5.97 Å². The van der Waals surface area contributed by atoms with Crippen molar-refractivity contribution in [2.45, 2.75) is 31.6 Å². The van der Waals surface area contributed by atoms with Crippen LogP contribution in [0.2, 0.25) is 0 Å². The van der Waals surface area contributed by atoms with Crippen molar-refractivity contribution in [3.8, 4) is 0 Å². The van der Waals surface area contributed by atoms with E-state index in [0.717, 1.165) is 28.7 Å². The van der Waals surface area contributed by atoms with E-state index in [9.17, 15) is 14.4 Å². The van der Waals surface area contributed by atoms with Gasteiger partial charge in [0.05, 0.1) is 24.1 Å². The number of esters is 1.